The second-order valence-electron chi connectivity index (χ2n) is 7.26. The number of amides is 2. The van der Waals surface area contributed by atoms with E-state index in [4.69, 9.17) is 11.6 Å². The predicted octanol–water partition coefficient (Wildman–Crippen LogP) is 4.49. The lowest BCUT2D eigenvalue weighted by molar-refractivity contribution is -0.120. The van der Waals surface area contributed by atoms with Gasteiger partial charge in [0.1, 0.15) is 0 Å². The van der Waals surface area contributed by atoms with Gasteiger partial charge >= 0.3 is 6.09 Å². The fourth-order valence-electron chi connectivity index (χ4n) is 3.19. The summed E-state index contributed by atoms with van der Waals surface area (Å²) in [6.07, 6.45) is -0.292. The number of aryl methyl sites for hydroxylation is 2. The molecule has 0 atom stereocenters. The van der Waals surface area contributed by atoms with Crippen LogP contribution in [0.3, 0.4) is 0 Å². The fourth-order valence-corrected chi connectivity index (χ4v) is 3.37. The maximum absolute atomic E-state index is 12.5. The zero-order valence-corrected chi connectivity index (χ0v) is 18.7. The van der Waals surface area contributed by atoms with Gasteiger partial charge in [-0.05, 0) is 56.2 Å². The van der Waals surface area contributed by atoms with Crippen LogP contribution in [0.4, 0.5) is 10.5 Å². The standard InChI is InChI=1S/C23H25ClN4O3/c1-14-5-10-19(11-21(14)24)28-16(3)20(15(2)27-28)12-22(29)25-13-17-6-8-18(9-7-17)26-23(30)31-4/h5-11H,12-13H2,1-4H3,(H,25,29)(H,26,30). The number of nitrogens with one attached hydrogen (secondary N) is 2. The summed E-state index contributed by atoms with van der Waals surface area (Å²) in [6, 6.07) is 13.0. The summed E-state index contributed by atoms with van der Waals surface area (Å²) in [5.41, 5.74) is 6.02. The van der Waals surface area contributed by atoms with Crippen molar-refractivity contribution < 1.29 is 14.3 Å². The van der Waals surface area contributed by atoms with Gasteiger partial charge < -0.3 is 10.1 Å². The van der Waals surface area contributed by atoms with Crippen molar-refractivity contribution in [3.8, 4) is 5.69 Å². The zero-order valence-electron chi connectivity index (χ0n) is 18.0. The number of anilines is 1. The van der Waals surface area contributed by atoms with Crippen LogP contribution in [-0.4, -0.2) is 28.9 Å². The average Bonchev–Trinajstić information content (AvgIpc) is 3.03. The van der Waals surface area contributed by atoms with Gasteiger partial charge in [0, 0.05) is 28.5 Å². The Bertz CT molecular complexity index is 1110. The second kappa shape index (κ2) is 9.66. The van der Waals surface area contributed by atoms with Crippen molar-refractivity contribution in [3.63, 3.8) is 0 Å². The molecule has 162 valence electrons. The first-order valence-corrected chi connectivity index (χ1v) is 10.2. The highest BCUT2D eigenvalue weighted by atomic mass is 35.5. The molecule has 2 amide bonds. The van der Waals surface area contributed by atoms with Crippen molar-refractivity contribution in [2.24, 2.45) is 0 Å². The summed E-state index contributed by atoms with van der Waals surface area (Å²) in [6.45, 7) is 6.18. The van der Waals surface area contributed by atoms with Crippen molar-refractivity contribution >= 4 is 29.3 Å². The number of halogens is 1. The maximum atomic E-state index is 12.5. The molecule has 0 radical (unpaired) electrons. The van der Waals surface area contributed by atoms with Crippen molar-refractivity contribution in [2.75, 3.05) is 12.4 Å². The van der Waals surface area contributed by atoms with Crippen LogP contribution in [0.2, 0.25) is 5.02 Å². The minimum atomic E-state index is -0.528. The van der Waals surface area contributed by atoms with E-state index in [2.05, 4.69) is 20.5 Å². The van der Waals surface area contributed by atoms with E-state index in [1.54, 1.807) is 12.1 Å². The largest absolute Gasteiger partial charge is 0.453 e. The molecule has 8 heteroatoms. The van der Waals surface area contributed by atoms with E-state index in [1.165, 1.54) is 7.11 Å². The molecular formula is C23H25ClN4O3. The molecule has 3 rings (SSSR count). The Hall–Kier alpha value is -3.32. The molecule has 0 aliphatic carbocycles. The normalized spacial score (nSPS) is 10.6. The molecule has 2 N–H and O–H groups in total. The predicted molar refractivity (Wildman–Crippen MR) is 121 cm³/mol. The Morgan fingerprint density at radius 2 is 1.81 bits per heavy atom. The summed E-state index contributed by atoms with van der Waals surface area (Å²) in [4.78, 5) is 23.8. The summed E-state index contributed by atoms with van der Waals surface area (Å²) >= 11 is 6.26. The molecule has 31 heavy (non-hydrogen) atoms. The van der Waals surface area contributed by atoms with E-state index in [-0.39, 0.29) is 12.3 Å². The van der Waals surface area contributed by atoms with Crippen molar-refractivity contribution in [2.45, 2.75) is 33.7 Å². The lowest BCUT2D eigenvalue weighted by atomic mass is 10.1. The highest BCUT2D eigenvalue weighted by molar-refractivity contribution is 6.31. The summed E-state index contributed by atoms with van der Waals surface area (Å²) in [5, 5.41) is 10.8. The molecule has 1 aromatic heterocycles. The highest BCUT2D eigenvalue weighted by Crippen LogP contribution is 2.23. The monoisotopic (exact) mass is 440 g/mol. The van der Waals surface area contributed by atoms with Gasteiger partial charge in [0.05, 0.1) is 24.9 Å². The number of carbonyl (C=O) groups is 2. The van der Waals surface area contributed by atoms with Gasteiger partial charge in [0.2, 0.25) is 5.91 Å². The SMILES string of the molecule is COC(=O)Nc1ccc(CNC(=O)Cc2c(C)nn(-c3ccc(C)c(Cl)c3)c2C)cc1. The first-order chi connectivity index (χ1) is 14.8. The highest BCUT2D eigenvalue weighted by Gasteiger charge is 2.16. The van der Waals surface area contributed by atoms with Crippen LogP contribution in [-0.2, 0) is 22.5 Å². The van der Waals surface area contributed by atoms with Crippen LogP contribution in [0.15, 0.2) is 42.5 Å². The van der Waals surface area contributed by atoms with E-state index in [1.807, 2.05) is 55.8 Å². The third kappa shape index (κ3) is 5.44. The van der Waals surface area contributed by atoms with E-state index < -0.39 is 6.09 Å². The number of benzene rings is 2. The molecule has 1 heterocycles. The lowest BCUT2D eigenvalue weighted by Gasteiger charge is -2.09. The number of hydrogen-bond donors (Lipinski definition) is 2. The minimum Gasteiger partial charge on any atom is -0.453 e. The summed E-state index contributed by atoms with van der Waals surface area (Å²) in [5.74, 6) is -0.0931. The summed E-state index contributed by atoms with van der Waals surface area (Å²) in [7, 11) is 1.31. The molecule has 0 spiro atoms. The molecule has 0 aliphatic heterocycles. The van der Waals surface area contributed by atoms with Crippen LogP contribution < -0.4 is 10.6 Å². The lowest BCUT2D eigenvalue weighted by Crippen LogP contribution is -2.25. The van der Waals surface area contributed by atoms with Gasteiger partial charge in [0.25, 0.3) is 0 Å². The minimum absolute atomic E-state index is 0.0931. The average molecular weight is 441 g/mol. The molecule has 0 saturated carbocycles. The number of ether oxygens (including phenoxy) is 1. The fraction of sp³-hybridized carbons (Fsp3) is 0.261. The van der Waals surface area contributed by atoms with E-state index >= 15 is 0 Å². The van der Waals surface area contributed by atoms with Crippen molar-refractivity contribution in [3.05, 3.63) is 75.6 Å². The second-order valence-corrected chi connectivity index (χ2v) is 7.67. The topological polar surface area (TPSA) is 85.2 Å². The van der Waals surface area contributed by atoms with Crippen LogP contribution in [0, 0.1) is 20.8 Å². The van der Waals surface area contributed by atoms with E-state index in [0.29, 0.717) is 17.3 Å². The van der Waals surface area contributed by atoms with E-state index in [0.717, 1.165) is 33.8 Å². The van der Waals surface area contributed by atoms with Gasteiger partial charge in [-0.2, -0.15) is 5.10 Å². The van der Waals surface area contributed by atoms with Crippen LogP contribution in [0.5, 0.6) is 0 Å². The Balaban J connectivity index is 1.63. The Morgan fingerprint density at radius 1 is 1.10 bits per heavy atom. The molecule has 0 fully saturated rings. The van der Waals surface area contributed by atoms with E-state index in [9.17, 15) is 9.59 Å². The number of rotatable bonds is 6. The van der Waals surface area contributed by atoms with Gasteiger partial charge in [-0.1, -0.05) is 29.8 Å². The molecule has 0 bridgehead atoms. The third-order valence-electron chi connectivity index (χ3n) is 5.05. The third-order valence-corrected chi connectivity index (χ3v) is 5.46. The molecule has 0 saturated heterocycles. The zero-order chi connectivity index (χ0) is 22.5. The number of carbonyl (C=O) groups excluding carboxylic acids is 2. The van der Waals surface area contributed by atoms with Crippen LogP contribution in [0.25, 0.3) is 5.69 Å². The number of nitrogens with zero attached hydrogens (tertiary/aromatic N) is 2. The van der Waals surface area contributed by atoms with Crippen LogP contribution in [0.1, 0.15) is 28.1 Å². The molecular weight excluding hydrogens is 416 g/mol. The molecule has 0 aliphatic rings. The molecule has 7 nitrogen and oxygen atoms in total. The van der Waals surface area contributed by atoms with Crippen LogP contribution >= 0.6 is 11.6 Å². The van der Waals surface area contributed by atoms with Crippen molar-refractivity contribution in [1.82, 2.24) is 15.1 Å². The number of hydrogen-bond acceptors (Lipinski definition) is 4. The van der Waals surface area contributed by atoms with Crippen molar-refractivity contribution in [1.29, 1.82) is 0 Å². The number of methoxy groups -OCH3 is 1. The Labute approximate surface area is 186 Å². The Kier molecular flexibility index (Phi) is 6.97. The summed E-state index contributed by atoms with van der Waals surface area (Å²) < 4.78 is 6.38. The smallest absolute Gasteiger partial charge is 0.411 e. The van der Waals surface area contributed by atoms with Gasteiger partial charge in [-0.3, -0.25) is 10.1 Å². The first kappa shape index (κ1) is 22.4. The van der Waals surface area contributed by atoms with Gasteiger partial charge in [-0.25, -0.2) is 9.48 Å². The Morgan fingerprint density at radius 3 is 2.45 bits per heavy atom. The molecule has 3 aromatic rings. The quantitative estimate of drug-likeness (QED) is 0.591. The van der Waals surface area contributed by atoms with Gasteiger partial charge in [-0.15, -0.1) is 0 Å². The van der Waals surface area contributed by atoms with Gasteiger partial charge in [0.15, 0.2) is 0 Å². The molecule has 0 unspecified atom stereocenters. The first-order valence-electron chi connectivity index (χ1n) is 9.80. The molecule has 2 aromatic carbocycles. The number of aromatic nitrogens is 2. The maximum Gasteiger partial charge on any atom is 0.411 e.